The highest BCUT2D eigenvalue weighted by Gasteiger charge is 2.83. The summed E-state index contributed by atoms with van der Waals surface area (Å²) in [5, 5.41) is 22.2. The van der Waals surface area contributed by atoms with Crippen molar-refractivity contribution in [3.63, 3.8) is 0 Å². The second kappa shape index (κ2) is 6.14. The molecular weight excluding hydrogens is 394 g/mol. The Kier molecular flexibility index (Phi) is 4.92. The summed E-state index contributed by atoms with van der Waals surface area (Å²) in [5.41, 5.74) is -3.26. The summed E-state index contributed by atoms with van der Waals surface area (Å²) in [4.78, 5) is 36.1. The van der Waals surface area contributed by atoms with Crippen LogP contribution in [0, 0.1) is 23.2 Å². The number of aliphatic carboxylic acids is 2. The van der Waals surface area contributed by atoms with Gasteiger partial charge in [0.1, 0.15) is 5.60 Å². The quantitative estimate of drug-likeness (QED) is 0.590. The predicted molar refractivity (Wildman–Crippen MR) is 93.6 cm³/mol. The van der Waals surface area contributed by atoms with E-state index in [9.17, 15) is 24.6 Å². The first-order chi connectivity index (χ1) is 11.4. The smallest absolute Gasteiger partial charge is 0.408 e. The molecule has 0 radical (unpaired) electrons. The molecule has 0 aromatic heterocycles. The van der Waals surface area contributed by atoms with Crippen LogP contribution in [-0.2, 0) is 14.3 Å². The first-order valence-electron chi connectivity index (χ1n) is 8.51. The Balaban J connectivity index is 2.52. The lowest BCUT2D eigenvalue weighted by atomic mass is 9.64. The van der Waals surface area contributed by atoms with Crippen LogP contribution in [0.15, 0.2) is 0 Å². The molecule has 2 fully saturated rings. The van der Waals surface area contributed by atoms with E-state index in [1.165, 1.54) is 0 Å². The van der Waals surface area contributed by atoms with Gasteiger partial charge in [-0.25, -0.2) is 9.59 Å². The summed E-state index contributed by atoms with van der Waals surface area (Å²) in [7, 11) is 0. The highest BCUT2D eigenvalue weighted by molar-refractivity contribution is 9.09. The van der Waals surface area contributed by atoms with E-state index in [-0.39, 0.29) is 10.7 Å². The van der Waals surface area contributed by atoms with Gasteiger partial charge >= 0.3 is 18.0 Å². The fourth-order valence-electron chi connectivity index (χ4n) is 4.77. The Hall–Kier alpha value is -1.31. The van der Waals surface area contributed by atoms with Crippen molar-refractivity contribution in [2.75, 3.05) is 0 Å². The van der Waals surface area contributed by atoms with E-state index in [1.54, 1.807) is 20.8 Å². The molecule has 8 heteroatoms. The molecule has 0 bridgehead atoms. The maximum absolute atomic E-state index is 12.4. The van der Waals surface area contributed by atoms with Gasteiger partial charge in [0, 0.05) is 16.2 Å². The third kappa shape index (κ3) is 2.73. The summed E-state index contributed by atoms with van der Waals surface area (Å²) in [6.07, 6.45) is 0.138. The maximum Gasteiger partial charge on any atom is 0.408 e. The van der Waals surface area contributed by atoms with Crippen molar-refractivity contribution in [1.82, 2.24) is 5.32 Å². The van der Waals surface area contributed by atoms with Gasteiger partial charge in [-0.2, -0.15) is 0 Å². The summed E-state index contributed by atoms with van der Waals surface area (Å²) < 4.78 is 5.28. The SMILES string of the molecule is CCC1(CC)C(Br)C2C(C(=O)O)C2C1(NC(=O)OC(C)(C)C)C(=O)O. The molecule has 2 saturated carbocycles. The first-order valence-corrected chi connectivity index (χ1v) is 9.42. The second-order valence-corrected chi connectivity index (χ2v) is 8.96. The summed E-state index contributed by atoms with van der Waals surface area (Å²) >= 11 is 3.57. The molecule has 7 nitrogen and oxygen atoms in total. The zero-order valence-corrected chi connectivity index (χ0v) is 16.7. The number of hydrogen-bond acceptors (Lipinski definition) is 4. The van der Waals surface area contributed by atoms with Crippen molar-refractivity contribution in [2.45, 2.75) is 63.4 Å². The Labute approximate surface area is 155 Å². The topological polar surface area (TPSA) is 113 Å². The molecule has 0 aromatic carbocycles. The number of carbonyl (C=O) groups is 3. The van der Waals surface area contributed by atoms with Crippen molar-refractivity contribution in [3.05, 3.63) is 0 Å². The molecule has 2 aliphatic carbocycles. The number of carboxylic acids is 2. The predicted octanol–water partition coefficient (Wildman–Crippen LogP) is 2.86. The molecule has 0 heterocycles. The van der Waals surface area contributed by atoms with Crippen LogP contribution in [-0.4, -0.2) is 44.2 Å². The van der Waals surface area contributed by atoms with Gasteiger partial charge in [-0.3, -0.25) is 4.79 Å². The number of alkyl carbamates (subject to hydrolysis) is 1. The summed E-state index contributed by atoms with van der Waals surface area (Å²) in [6.45, 7) is 8.80. The molecule has 142 valence electrons. The molecule has 5 unspecified atom stereocenters. The van der Waals surface area contributed by atoms with Gasteiger partial charge in [-0.05, 0) is 39.5 Å². The number of carboxylic acid groups (broad SMARTS) is 2. The molecule has 2 aliphatic rings. The minimum Gasteiger partial charge on any atom is -0.481 e. The van der Waals surface area contributed by atoms with Crippen LogP contribution >= 0.6 is 15.9 Å². The van der Waals surface area contributed by atoms with E-state index >= 15 is 0 Å². The van der Waals surface area contributed by atoms with Gasteiger partial charge in [0.05, 0.1) is 5.92 Å². The molecule has 5 atom stereocenters. The highest BCUT2D eigenvalue weighted by Crippen LogP contribution is 2.73. The molecular formula is C17H26BrNO6. The fraction of sp³-hybridized carbons (Fsp3) is 0.824. The maximum atomic E-state index is 12.4. The Morgan fingerprint density at radius 1 is 1.16 bits per heavy atom. The number of ether oxygens (including phenoxy) is 1. The van der Waals surface area contributed by atoms with E-state index < -0.39 is 46.4 Å². The van der Waals surface area contributed by atoms with Crippen molar-refractivity contribution in [2.24, 2.45) is 23.2 Å². The van der Waals surface area contributed by atoms with Crippen LogP contribution < -0.4 is 5.32 Å². The number of alkyl halides is 1. The number of amides is 1. The normalized spacial score (nSPS) is 35.6. The zero-order chi connectivity index (χ0) is 19.4. The highest BCUT2D eigenvalue weighted by atomic mass is 79.9. The second-order valence-electron chi connectivity index (χ2n) is 7.97. The summed E-state index contributed by atoms with van der Waals surface area (Å²) in [6, 6.07) is 0. The van der Waals surface area contributed by atoms with Gasteiger partial charge < -0.3 is 20.3 Å². The van der Waals surface area contributed by atoms with E-state index in [1.807, 2.05) is 13.8 Å². The van der Waals surface area contributed by atoms with Gasteiger partial charge in [0.25, 0.3) is 0 Å². The van der Waals surface area contributed by atoms with Gasteiger partial charge in [-0.15, -0.1) is 0 Å². The minimum absolute atomic E-state index is 0.313. The number of fused-ring (bicyclic) bond motifs is 1. The van der Waals surface area contributed by atoms with E-state index in [0.29, 0.717) is 12.8 Å². The average Bonchev–Trinajstić information content (AvgIpc) is 3.16. The number of nitrogens with one attached hydrogen (secondary N) is 1. The lowest BCUT2D eigenvalue weighted by Gasteiger charge is -2.47. The number of hydrogen-bond donors (Lipinski definition) is 3. The molecule has 0 saturated heterocycles. The van der Waals surface area contributed by atoms with Crippen molar-refractivity contribution in [3.8, 4) is 0 Å². The standard InChI is InChI=1S/C17H26BrNO6/c1-6-16(7-2)11(18)8-9(12(20)21)10(8)17(16,13(22)23)19-14(24)25-15(3,4)5/h8-11H,6-7H2,1-5H3,(H,19,24)(H,20,21)(H,22,23). The third-order valence-electron chi connectivity index (χ3n) is 5.81. The molecule has 25 heavy (non-hydrogen) atoms. The van der Waals surface area contributed by atoms with E-state index in [4.69, 9.17) is 4.74 Å². The van der Waals surface area contributed by atoms with Crippen LogP contribution in [0.2, 0.25) is 0 Å². The minimum atomic E-state index is -1.68. The van der Waals surface area contributed by atoms with Crippen LogP contribution in [0.5, 0.6) is 0 Å². The number of rotatable bonds is 5. The Morgan fingerprint density at radius 2 is 1.68 bits per heavy atom. The van der Waals surface area contributed by atoms with E-state index in [2.05, 4.69) is 21.2 Å². The number of halogens is 1. The molecule has 0 aliphatic heterocycles. The van der Waals surface area contributed by atoms with Crippen molar-refractivity contribution >= 4 is 34.0 Å². The van der Waals surface area contributed by atoms with Crippen LogP contribution in [0.4, 0.5) is 4.79 Å². The van der Waals surface area contributed by atoms with E-state index in [0.717, 1.165) is 0 Å². The molecule has 2 rings (SSSR count). The largest absolute Gasteiger partial charge is 0.481 e. The zero-order valence-electron chi connectivity index (χ0n) is 15.1. The molecule has 1 amide bonds. The van der Waals surface area contributed by atoms with Gasteiger partial charge in [0.15, 0.2) is 5.54 Å². The Morgan fingerprint density at radius 3 is 2.04 bits per heavy atom. The molecule has 0 aromatic rings. The molecule has 3 N–H and O–H groups in total. The first kappa shape index (κ1) is 20.0. The van der Waals surface area contributed by atoms with Crippen LogP contribution in [0.25, 0.3) is 0 Å². The molecule has 0 spiro atoms. The van der Waals surface area contributed by atoms with Crippen molar-refractivity contribution in [1.29, 1.82) is 0 Å². The van der Waals surface area contributed by atoms with Crippen molar-refractivity contribution < 1.29 is 29.3 Å². The lowest BCUT2D eigenvalue weighted by molar-refractivity contribution is -0.154. The van der Waals surface area contributed by atoms with Gasteiger partial charge in [-0.1, -0.05) is 29.8 Å². The fourth-order valence-corrected chi connectivity index (χ4v) is 6.44. The Bertz CT molecular complexity index is 596. The van der Waals surface area contributed by atoms with Crippen LogP contribution in [0.1, 0.15) is 47.5 Å². The average molecular weight is 420 g/mol. The third-order valence-corrected chi connectivity index (χ3v) is 7.30. The lowest BCUT2D eigenvalue weighted by Crippen LogP contribution is -2.67. The van der Waals surface area contributed by atoms with Crippen LogP contribution in [0.3, 0.4) is 0 Å². The monoisotopic (exact) mass is 419 g/mol. The van der Waals surface area contributed by atoms with Gasteiger partial charge in [0.2, 0.25) is 0 Å². The number of carbonyl (C=O) groups excluding carboxylic acids is 1. The summed E-state index contributed by atoms with van der Waals surface area (Å²) in [5.74, 6) is -4.02.